The molecule has 0 bridgehead atoms. The quantitative estimate of drug-likeness (QED) is 0.610. The zero-order valence-corrected chi connectivity index (χ0v) is 9.53. The molecule has 0 atom stereocenters. The van der Waals surface area contributed by atoms with Crippen LogP contribution in [0, 0.1) is 12.8 Å². The van der Waals surface area contributed by atoms with Crippen molar-refractivity contribution in [3.8, 4) is 5.75 Å². The maximum atomic E-state index is 11.8. The van der Waals surface area contributed by atoms with E-state index >= 15 is 0 Å². The molecule has 0 spiro atoms. The van der Waals surface area contributed by atoms with Crippen LogP contribution in [0.3, 0.4) is 0 Å². The molecule has 3 nitrogen and oxygen atoms in total. The first-order chi connectivity index (χ1) is 7.75. The summed E-state index contributed by atoms with van der Waals surface area (Å²) in [5.41, 5.74) is 1.11. The first-order valence-electron chi connectivity index (χ1n) is 5.75. The third kappa shape index (κ3) is 2.83. The summed E-state index contributed by atoms with van der Waals surface area (Å²) >= 11 is 0. The standard InChI is InChI=1S/C13H17NO2/c1-10-3-2-4-12(9-10)16-13(15)11-5-7-14-8-6-11/h2-4,9,11,14H,5-8H2,1H3. The van der Waals surface area contributed by atoms with E-state index in [0.29, 0.717) is 5.75 Å². The lowest BCUT2D eigenvalue weighted by Gasteiger charge is -2.20. The first kappa shape index (κ1) is 11.1. The highest BCUT2D eigenvalue weighted by Gasteiger charge is 2.22. The molecular weight excluding hydrogens is 202 g/mol. The predicted molar refractivity (Wildman–Crippen MR) is 62.4 cm³/mol. The molecule has 1 heterocycles. The average molecular weight is 219 g/mol. The summed E-state index contributed by atoms with van der Waals surface area (Å²) < 4.78 is 5.37. The van der Waals surface area contributed by atoms with Crippen molar-refractivity contribution >= 4 is 5.97 Å². The molecule has 1 fully saturated rings. The highest BCUT2D eigenvalue weighted by molar-refractivity contribution is 5.75. The normalized spacial score (nSPS) is 17.1. The van der Waals surface area contributed by atoms with Gasteiger partial charge in [-0.1, -0.05) is 12.1 Å². The molecule has 0 unspecified atom stereocenters. The molecule has 1 aliphatic rings. The lowest BCUT2D eigenvalue weighted by Crippen LogP contribution is -2.33. The van der Waals surface area contributed by atoms with Crippen molar-refractivity contribution in [2.24, 2.45) is 5.92 Å². The van der Waals surface area contributed by atoms with E-state index in [4.69, 9.17) is 4.74 Å². The molecule has 1 saturated heterocycles. The van der Waals surface area contributed by atoms with Gasteiger partial charge < -0.3 is 10.1 Å². The van der Waals surface area contributed by atoms with Crippen molar-refractivity contribution in [1.29, 1.82) is 0 Å². The molecule has 2 rings (SSSR count). The summed E-state index contributed by atoms with van der Waals surface area (Å²) in [4.78, 5) is 11.8. The SMILES string of the molecule is Cc1cccc(OC(=O)C2CCNCC2)c1. The second-order valence-electron chi connectivity index (χ2n) is 4.26. The van der Waals surface area contributed by atoms with Crippen molar-refractivity contribution in [2.75, 3.05) is 13.1 Å². The molecule has 0 aliphatic carbocycles. The Morgan fingerprint density at radius 2 is 2.12 bits per heavy atom. The van der Waals surface area contributed by atoms with Crippen LogP contribution in [-0.2, 0) is 4.79 Å². The van der Waals surface area contributed by atoms with Crippen molar-refractivity contribution in [1.82, 2.24) is 5.32 Å². The Kier molecular flexibility index (Phi) is 3.57. The van der Waals surface area contributed by atoms with Crippen LogP contribution in [0.2, 0.25) is 0 Å². The molecule has 0 saturated carbocycles. The molecule has 1 aromatic carbocycles. The van der Waals surface area contributed by atoms with Gasteiger partial charge >= 0.3 is 5.97 Å². The van der Waals surface area contributed by atoms with Gasteiger partial charge in [0, 0.05) is 0 Å². The number of nitrogens with one attached hydrogen (secondary N) is 1. The minimum atomic E-state index is -0.0906. The van der Waals surface area contributed by atoms with Crippen molar-refractivity contribution in [3.63, 3.8) is 0 Å². The molecule has 16 heavy (non-hydrogen) atoms. The van der Waals surface area contributed by atoms with Gasteiger partial charge in [0.1, 0.15) is 5.75 Å². The number of benzene rings is 1. The first-order valence-corrected chi connectivity index (χ1v) is 5.75. The van der Waals surface area contributed by atoms with Crippen LogP contribution >= 0.6 is 0 Å². The van der Waals surface area contributed by atoms with Crippen LogP contribution in [0.1, 0.15) is 18.4 Å². The zero-order chi connectivity index (χ0) is 11.4. The molecule has 3 heteroatoms. The molecule has 1 aromatic rings. The smallest absolute Gasteiger partial charge is 0.314 e. The number of piperidine rings is 1. The maximum Gasteiger partial charge on any atom is 0.314 e. The van der Waals surface area contributed by atoms with Gasteiger partial charge in [-0.2, -0.15) is 0 Å². The van der Waals surface area contributed by atoms with Gasteiger partial charge in [0.25, 0.3) is 0 Å². The molecule has 0 aromatic heterocycles. The van der Waals surface area contributed by atoms with Crippen LogP contribution < -0.4 is 10.1 Å². The van der Waals surface area contributed by atoms with Crippen molar-refractivity contribution < 1.29 is 9.53 Å². The molecule has 1 N–H and O–H groups in total. The van der Waals surface area contributed by atoms with Gasteiger partial charge in [0.2, 0.25) is 0 Å². The Labute approximate surface area is 95.8 Å². The van der Waals surface area contributed by atoms with Crippen LogP contribution in [0.4, 0.5) is 0 Å². The molecule has 0 amide bonds. The van der Waals surface area contributed by atoms with E-state index in [2.05, 4.69) is 5.32 Å². The zero-order valence-electron chi connectivity index (χ0n) is 9.53. The van der Waals surface area contributed by atoms with Gasteiger partial charge in [0.15, 0.2) is 0 Å². The Balaban J connectivity index is 1.96. The maximum absolute atomic E-state index is 11.8. The topological polar surface area (TPSA) is 38.3 Å². The van der Waals surface area contributed by atoms with E-state index in [1.807, 2.05) is 31.2 Å². The van der Waals surface area contributed by atoms with E-state index in [0.717, 1.165) is 31.5 Å². The lowest BCUT2D eigenvalue weighted by atomic mass is 9.98. The minimum Gasteiger partial charge on any atom is -0.426 e. The van der Waals surface area contributed by atoms with Crippen molar-refractivity contribution in [3.05, 3.63) is 29.8 Å². The number of esters is 1. The molecular formula is C13H17NO2. The van der Waals surface area contributed by atoms with E-state index < -0.39 is 0 Å². The van der Waals surface area contributed by atoms with Crippen LogP contribution in [0.5, 0.6) is 5.75 Å². The fraction of sp³-hybridized carbons (Fsp3) is 0.462. The summed E-state index contributed by atoms with van der Waals surface area (Å²) in [6.07, 6.45) is 1.76. The third-order valence-corrected chi connectivity index (χ3v) is 2.88. The van der Waals surface area contributed by atoms with E-state index in [1.54, 1.807) is 0 Å². The largest absolute Gasteiger partial charge is 0.426 e. The van der Waals surface area contributed by atoms with Gasteiger partial charge in [-0.05, 0) is 50.6 Å². The summed E-state index contributed by atoms with van der Waals surface area (Å²) in [7, 11) is 0. The van der Waals surface area contributed by atoms with Gasteiger partial charge in [0.05, 0.1) is 5.92 Å². The Hall–Kier alpha value is -1.35. The van der Waals surface area contributed by atoms with Gasteiger partial charge in [-0.3, -0.25) is 4.79 Å². The second kappa shape index (κ2) is 5.12. The minimum absolute atomic E-state index is 0.0572. The van der Waals surface area contributed by atoms with Crippen LogP contribution in [0.25, 0.3) is 0 Å². The highest BCUT2D eigenvalue weighted by atomic mass is 16.5. The average Bonchev–Trinajstić information content (AvgIpc) is 2.30. The van der Waals surface area contributed by atoms with Crippen molar-refractivity contribution in [2.45, 2.75) is 19.8 Å². The lowest BCUT2D eigenvalue weighted by molar-refractivity contribution is -0.139. The second-order valence-corrected chi connectivity index (χ2v) is 4.26. The number of hydrogen-bond donors (Lipinski definition) is 1. The van der Waals surface area contributed by atoms with Gasteiger partial charge in [-0.15, -0.1) is 0 Å². The highest BCUT2D eigenvalue weighted by Crippen LogP contribution is 2.18. The number of carbonyl (C=O) groups is 1. The number of hydrogen-bond acceptors (Lipinski definition) is 3. The monoisotopic (exact) mass is 219 g/mol. The summed E-state index contributed by atoms with van der Waals surface area (Å²) in [5.74, 6) is 0.623. The van der Waals surface area contributed by atoms with E-state index in [9.17, 15) is 4.79 Å². The van der Waals surface area contributed by atoms with E-state index in [-0.39, 0.29) is 11.9 Å². The van der Waals surface area contributed by atoms with Crippen LogP contribution in [-0.4, -0.2) is 19.1 Å². The molecule has 0 radical (unpaired) electrons. The summed E-state index contributed by atoms with van der Waals surface area (Å²) in [6, 6.07) is 7.60. The Morgan fingerprint density at radius 1 is 1.38 bits per heavy atom. The Morgan fingerprint density at radius 3 is 2.81 bits per heavy atom. The molecule has 1 aliphatic heterocycles. The fourth-order valence-electron chi connectivity index (χ4n) is 1.94. The summed E-state index contributed by atoms with van der Waals surface area (Å²) in [5, 5.41) is 3.23. The number of aryl methyl sites for hydroxylation is 1. The van der Waals surface area contributed by atoms with E-state index in [1.165, 1.54) is 0 Å². The Bertz CT molecular complexity index is 370. The number of rotatable bonds is 2. The van der Waals surface area contributed by atoms with Crippen LogP contribution in [0.15, 0.2) is 24.3 Å². The third-order valence-electron chi connectivity index (χ3n) is 2.88. The molecule has 86 valence electrons. The summed E-state index contributed by atoms with van der Waals surface area (Å²) in [6.45, 7) is 3.81. The predicted octanol–water partition coefficient (Wildman–Crippen LogP) is 1.90. The number of carbonyl (C=O) groups excluding carboxylic acids is 1. The van der Waals surface area contributed by atoms with Gasteiger partial charge in [-0.25, -0.2) is 0 Å². The fourth-order valence-corrected chi connectivity index (χ4v) is 1.94. The number of ether oxygens (including phenoxy) is 1.